The van der Waals surface area contributed by atoms with Crippen molar-refractivity contribution in [3.05, 3.63) is 16.5 Å². The van der Waals surface area contributed by atoms with Crippen LogP contribution >= 0.6 is 11.6 Å². The van der Waals surface area contributed by atoms with Gasteiger partial charge < -0.3 is 10.4 Å². The van der Waals surface area contributed by atoms with Gasteiger partial charge >= 0.3 is 0 Å². The van der Waals surface area contributed by atoms with Crippen molar-refractivity contribution in [3.63, 3.8) is 0 Å². The summed E-state index contributed by atoms with van der Waals surface area (Å²) in [6.45, 7) is 7.11. The summed E-state index contributed by atoms with van der Waals surface area (Å²) in [5.74, 6) is 1.85. The molecule has 2 N–H and O–H groups in total. The average molecular weight is 272 g/mol. The van der Waals surface area contributed by atoms with Gasteiger partial charge in [-0.2, -0.15) is 0 Å². The molecule has 0 aliphatic rings. The van der Waals surface area contributed by atoms with E-state index in [1.807, 2.05) is 20.8 Å². The highest BCUT2D eigenvalue weighted by Gasteiger charge is 2.11. The van der Waals surface area contributed by atoms with Crippen LogP contribution in [0, 0.1) is 6.92 Å². The number of aliphatic hydroxyl groups is 1. The third-order valence-electron chi connectivity index (χ3n) is 2.75. The fourth-order valence-corrected chi connectivity index (χ4v) is 1.73. The first kappa shape index (κ1) is 15.2. The lowest BCUT2D eigenvalue weighted by molar-refractivity contribution is 0.283. The van der Waals surface area contributed by atoms with Gasteiger partial charge in [0, 0.05) is 24.6 Å². The zero-order valence-electron chi connectivity index (χ0n) is 11.3. The minimum atomic E-state index is 0.260. The second-order valence-corrected chi connectivity index (χ2v) is 5.07. The highest BCUT2D eigenvalue weighted by Crippen LogP contribution is 2.22. The Morgan fingerprint density at radius 2 is 1.94 bits per heavy atom. The molecular formula is C13H22ClN3O. The molecule has 0 radical (unpaired) electrons. The van der Waals surface area contributed by atoms with Gasteiger partial charge in [0.25, 0.3) is 0 Å². The number of nitrogens with one attached hydrogen (secondary N) is 1. The Balaban J connectivity index is 2.63. The van der Waals surface area contributed by atoms with Crippen LogP contribution < -0.4 is 5.32 Å². The first-order valence-corrected chi connectivity index (χ1v) is 6.82. The molecule has 1 rings (SSSR count). The smallest absolute Gasteiger partial charge is 0.137 e. The van der Waals surface area contributed by atoms with Gasteiger partial charge in [0.05, 0.1) is 0 Å². The van der Waals surface area contributed by atoms with E-state index in [2.05, 4.69) is 15.3 Å². The lowest BCUT2D eigenvalue weighted by atomic mass is 10.2. The van der Waals surface area contributed by atoms with Crippen molar-refractivity contribution < 1.29 is 5.11 Å². The van der Waals surface area contributed by atoms with E-state index in [1.54, 1.807) is 0 Å². The van der Waals surface area contributed by atoms with Crippen LogP contribution in [0.25, 0.3) is 0 Å². The highest BCUT2D eigenvalue weighted by molar-refractivity contribution is 6.30. The Kier molecular flexibility index (Phi) is 6.36. The standard InChI is InChI=1S/C13H22ClN3O/c1-9(2)12-16-11(14)10(3)13(17-12)15-7-5-4-6-8-18/h9,18H,4-8H2,1-3H3,(H,15,16,17). The maximum atomic E-state index is 8.70. The number of hydrogen-bond donors (Lipinski definition) is 2. The molecule has 0 atom stereocenters. The van der Waals surface area contributed by atoms with Gasteiger partial charge in [-0.05, 0) is 26.2 Å². The van der Waals surface area contributed by atoms with Crippen molar-refractivity contribution in [1.29, 1.82) is 0 Å². The summed E-state index contributed by atoms with van der Waals surface area (Å²) in [5, 5.41) is 12.5. The molecule has 1 aromatic rings. The molecule has 1 heterocycles. The van der Waals surface area contributed by atoms with E-state index in [0.717, 1.165) is 43.0 Å². The van der Waals surface area contributed by atoms with E-state index in [1.165, 1.54) is 0 Å². The summed E-state index contributed by atoms with van der Waals surface area (Å²) in [4.78, 5) is 8.77. The van der Waals surface area contributed by atoms with Gasteiger partial charge in [0.1, 0.15) is 16.8 Å². The number of unbranched alkanes of at least 4 members (excludes halogenated alkanes) is 2. The first-order valence-electron chi connectivity index (χ1n) is 6.45. The van der Waals surface area contributed by atoms with Crippen LogP contribution in [0.1, 0.15) is 50.4 Å². The molecule has 0 aliphatic heterocycles. The van der Waals surface area contributed by atoms with Gasteiger partial charge in [0.15, 0.2) is 0 Å². The van der Waals surface area contributed by atoms with Crippen molar-refractivity contribution in [2.75, 3.05) is 18.5 Å². The Hall–Kier alpha value is -0.870. The minimum absolute atomic E-state index is 0.260. The van der Waals surface area contributed by atoms with E-state index in [0.29, 0.717) is 5.15 Å². The Bertz CT molecular complexity index is 383. The van der Waals surface area contributed by atoms with Crippen molar-refractivity contribution in [3.8, 4) is 0 Å². The number of anilines is 1. The van der Waals surface area contributed by atoms with Crippen molar-refractivity contribution in [1.82, 2.24) is 9.97 Å². The topological polar surface area (TPSA) is 58.0 Å². The van der Waals surface area contributed by atoms with Gasteiger partial charge in [-0.25, -0.2) is 9.97 Å². The molecule has 1 aromatic heterocycles. The molecule has 4 nitrogen and oxygen atoms in total. The molecule has 0 bridgehead atoms. The Morgan fingerprint density at radius 3 is 2.56 bits per heavy atom. The predicted molar refractivity (Wildman–Crippen MR) is 75.3 cm³/mol. The van der Waals surface area contributed by atoms with Gasteiger partial charge in [-0.15, -0.1) is 0 Å². The molecule has 0 amide bonds. The Morgan fingerprint density at radius 1 is 1.22 bits per heavy atom. The molecule has 0 aromatic carbocycles. The average Bonchev–Trinajstić information content (AvgIpc) is 2.33. The maximum Gasteiger partial charge on any atom is 0.137 e. The Labute approximate surface area is 114 Å². The molecule has 0 fully saturated rings. The quantitative estimate of drug-likeness (QED) is 0.591. The van der Waals surface area contributed by atoms with Crippen LogP contribution in [0.15, 0.2) is 0 Å². The van der Waals surface area contributed by atoms with E-state index in [-0.39, 0.29) is 12.5 Å². The maximum absolute atomic E-state index is 8.70. The van der Waals surface area contributed by atoms with Crippen LogP contribution in [0.3, 0.4) is 0 Å². The third kappa shape index (κ3) is 4.42. The second kappa shape index (κ2) is 7.54. The van der Waals surface area contributed by atoms with Gasteiger partial charge in [-0.3, -0.25) is 0 Å². The minimum Gasteiger partial charge on any atom is -0.396 e. The first-order chi connectivity index (χ1) is 8.56. The fraction of sp³-hybridized carbons (Fsp3) is 0.692. The molecule has 5 heteroatoms. The molecule has 102 valence electrons. The SMILES string of the molecule is Cc1c(Cl)nc(C(C)C)nc1NCCCCCO. The number of hydrogen-bond acceptors (Lipinski definition) is 4. The molecule has 0 spiro atoms. The van der Waals surface area contributed by atoms with Crippen molar-refractivity contribution >= 4 is 17.4 Å². The van der Waals surface area contributed by atoms with E-state index in [9.17, 15) is 0 Å². The van der Waals surface area contributed by atoms with Crippen LogP contribution in [-0.4, -0.2) is 28.2 Å². The zero-order chi connectivity index (χ0) is 13.5. The molecule has 18 heavy (non-hydrogen) atoms. The summed E-state index contributed by atoms with van der Waals surface area (Å²) in [7, 11) is 0. The van der Waals surface area contributed by atoms with E-state index in [4.69, 9.17) is 16.7 Å². The van der Waals surface area contributed by atoms with Crippen LogP contribution in [-0.2, 0) is 0 Å². The number of halogens is 1. The lowest BCUT2D eigenvalue weighted by Crippen LogP contribution is -2.09. The fourth-order valence-electron chi connectivity index (χ4n) is 1.56. The molecular weight excluding hydrogens is 250 g/mol. The van der Waals surface area contributed by atoms with Gasteiger partial charge in [0.2, 0.25) is 0 Å². The van der Waals surface area contributed by atoms with Crippen LogP contribution in [0.4, 0.5) is 5.82 Å². The van der Waals surface area contributed by atoms with Crippen molar-refractivity contribution in [2.24, 2.45) is 0 Å². The summed E-state index contributed by atoms with van der Waals surface area (Å²) in [6, 6.07) is 0. The molecule has 0 saturated carbocycles. The normalized spacial score (nSPS) is 11.0. The van der Waals surface area contributed by atoms with E-state index >= 15 is 0 Å². The summed E-state index contributed by atoms with van der Waals surface area (Å²) >= 11 is 6.10. The monoisotopic (exact) mass is 271 g/mol. The summed E-state index contributed by atoms with van der Waals surface area (Å²) in [6.07, 6.45) is 2.87. The summed E-state index contributed by atoms with van der Waals surface area (Å²) < 4.78 is 0. The predicted octanol–water partition coefficient (Wildman–Crippen LogP) is 3.14. The molecule has 0 saturated heterocycles. The second-order valence-electron chi connectivity index (χ2n) is 4.71. The number of rotatable bonds is 7. The third-order valence-corrected chi connectivity index (χ3v) is 3.12. The largest absolute Gasteiger partial charge is 0.396 e. The van der Waals surface area contributed by atoms with Gasteiger partial charge in [-0.1, -0.05) is 25.4 Å². The lowest BCUT2D eigenvalue weighted by Gasteiger charge is -2.12. The molecule has 0 unspecified atom stereocenters. The van der Waals surface area contributed by atoms with E-state index < -0.39 is 0 Å². The zero-order valence-corrected chi connectivity index (χ0v) is 12.1. The highest BCUT2D eigenvalue weighted by atomic mass is 35.5. The van der Waals surface area contributed by atoms with Crippen molar-refractivity contribution in [2.45, 2.75) is 46.0 Å². The summed E-state index contributed by atoms with van der Waals surface area (Å²) in [5.41, 5.74) is 0.892. The number of aromatic nitrogens is 2. The van der Waals surface area contributed by atoms with Crippen LogP contribution in [0.5, 0.6) is 0 Å². The number of aliphatic hydroxyl groups excluding tert-OH is 1. The number of nitrogens with zero attached hydrogens (tertiary/aromatic N) is 2. The molecule has 0 aliphatic carbocycles. The van der Waals surface area contributed by atoms with Crippen LogP contribution in [0.2, 0.25) is 5.15 Å².